The number of fused-ring (bicyclic) bond motifs is 1. The highest BCUT2D eigenvalue weighted by Crippen LogP contribution is 2.30. The number of halogens is 1. The van der Waals surface area contributed by atoms with E-state index in [9.17, 15) is 9.59 Å². The predicted molar refractivity (Wildman–Crippen MR) is 104 cm³/mol. The molecule has 1 aromatic heterocycles. The molecule has 0 saturated carbocycles. The number of ether oxygens (including phenoxy) is 2. The number of benzene rings is 2. The Kier molecular flexibility index (Phi) is 5.37. The summed E-state index contributed by atoms with van der Waals surface area (Å²) in [4.78, 5) is 23.8. The molecule has 3 aromatic rings. The van der Waals surface area contributed by atoms with Crippen molar-refractivity contribution in [1.82, 2.24) is 0 Å². The SMILES string of the molecule is COc1ccc(NC(=O)COc2cc(C)cc3oc(=O)cc(C)c23)cc1Cl. The van der Waals surface area contributed by atoms with Gasteiger partial charge in [0.15, 0.2) is 6.61 Å². The zero-order chi connectivity index (χ0) is 19.6. The molecule has 2 aromatic carbocycles. The van der Waals surface area contributed by atoms with Crippen LogP contribution in [-0.2, 0) is 4.79 Å². The monoisotopic (exact) mass is 387 g/mol. The average Bonchev–Trinajstić information content (AvgIpc) is 2.59. The first-order chi connectivity index (χ1) is 12.9. The van der Waals surface area contributed by atoms with Crippen LogP contribution in [-0.4, -0.2) is 19.6 Å². The molecule has 0 aliphatic rings. The van der Waals surface area contributed by atoms with E-state index in [0.29, 0.717) is 33.2 Å². The zero-order valence-corrected chi connectivity index (χ0v) is 15.8. The second kappa shape index (κ2) is 7.72. The van der Waals surface area contributed by atoms with Crippen molar-refractivity contribution in [1.29, 1.82) is 0 Å². The first kappa shape index (κ1) is 18.8. The molecule has 0 radical (unpaired) electrons. The molecule has 0 bridgehead atoms. The summed E-state index contributed by atoms with van der Waals surface area (Å²) in [5, 5.41) is 3.78. The van der Waals surface area contributed by atoms with Crippen molar-refractivity contribution in [2.45, 2.75) is 13.8 Å². The summed E-state index contributed by atoms with van der Waals surface area (Å²) in [6, 6.07) is 9.90. The van der Waals surface area contributed by atoms with Crippen molar-refractivity contribution in [3.8, 4) is 11.5 Å². The van der Waals surface area contributed by atoms with Gasteiger partial charge >= 0.3 is 5.63 Å². The molecule has 140 valence electrons. The molecule has 6 nitrogen and oxygen atoms in total. The molecule has 7 heteroatoms. The first-order valence-corrected chi connectivity index (χ1v) is 8.56. The van der Waals surface area contributed by atoms with E-state index in [1.807, 2.05) is 6.92 Å². The zero-order valence-electron chi connectivity index (χ0n) is 15.1. The van der Waals surface area contributed by atoms with E-state index in [2.05, 4.69) is 5.32 Å². The molecule has 0 spiro atoms. The van der Waals surface area contributed by atoms with Crippen LogP contribution in [0.15, 0.2) is 45.6 Å². The number of hydrogen-bond donors (Lipinski definition) is 1. The Morgan fingerprint density at radius 3 is 2.63 bits per heavy atom. The second-order valence-corrected chi connectivity index (χ2v) is 6.48. The van der Waals surface area contributed by atoms with Crippen LogP contribution in [0, 0.1) is 13.8 Å². The Morgan fingerprint density at radius 1 is 1.15 bits per heavy atom. The molecule has 0 aliphatic heterocycles. The Labute approximate surface area is 160 Å². The van der Waals surface area contributed by atoms with Gasteiger partial charge in [0.05, 0.1) is 17.5 Å². The summed E-state index contributed by atoms with van der Waals surface area (Å²) in [7, 11) is 1.52. The van der Waals surface area contributed by atoms with E-state index < -0.39 is 5.63 Å². The van der Waals surface area contributed by atoms with Crippen molar-refractivity contribution in [3.05, 3.63) is 63.0 Å². The maximum absolute atomic E-state index is 12.2. The van der Waals surface area contributed by atoms with E-state index in [0.717, 1.165) is 11.1 Å². The summed E-state index contributed by atoms with van der Waals surface area (Å²) in [5.74, 6) is 0.657. The van der Waals surface area contributed by atoms with Crippen molar-refractivity contribution in [2.75, 3.05) is 19.0 Å². The fourth-order valence-electron chi connectivity index (χ4n) is 2.78. The number of amides is 1. The minimum absolute atomic E-state index is 0.208. The summed E-state index contributed by atoms with van der Waals surface area (Å²) in [6.45, 7) is 3.44. The standard InChI is InChI=1S/C20H18ClNO5/c1-11-6-16(20-12(2)8-19(24)27-17(20)7-11)26-10-18(23)22-13-4-5-15(25-3)14(21)9-13/h4-9H,10H2,1-3H3,(H,22,23). The molecule has 0 aliphatic carbocycles. The van der Waals surface area contributed by atoms with Crippen LogP contribution in [0.3, 0.4) is 0 Å². The van der Waals surface area contributed by atoms with E-state index in [4.69, 9.17) is 25.5 Å². The number of rotatable bonds is 5. The third-order valence-corrected chi connectivity index (χ3v) is 4.24. The third kappa shape index (κ3) is 4.23. The number of carbonyl (C=O) groups is 1. The van der Waals surface area contributed by atoms with Crippen LogP contribution < -0.4 is 20.4 Å². The van der Waals surface area contributed by atoms with Crippen LogP contribution in [0.25, 0.3) is 11.0 Å². The van der Waals surface area contributed by atoms with Crippen molar-refractivity contribution in [3.63, 3.8) is 0 Å². The number of anilines is 1. The number of carbonyl (C=O) groups excluding carboxylic acids is 1. The lowest BCUT2D eigenvalue weighted by Gasteiger charge is -2.12. The number of nitrogens with one attached hydrogen (secondary N) is 1. The highest BCUT2D eigenvalue weighted by atomic mass is 35.5. The maximum atomic E-state index is 12.2. The van der Waals surface area contributed by atoms with Gasteiger partial charge < -0.3 is 19.2 Å². The van der Waals surface area contributed by atoms with Crippen LogP contribution in [0.4, 0.5) is 5.69 Å². The van der Waals surface area contributed by atoms with Gasteiger partial charge in [0.2, 0.25) is 0 Å². The number of hydrogen-bond acceptors (Lipinski definition) is 5. The molecule has 3 rings (SSSR count). The topological polar surface area (TPSA) is 77.8 Å². The molecule has 0 unspecified atom stereocenters. The van der Waals surface area contributed by atoms with Crippen LogP contribution in [0.5, 0.6) is 11.5 Å². The summed E-state index contributed by atoms with van der Waals surface area (Å²) in [5.41, 5.74) is 2.11. The van der Waals surface area contributed by atoms with Crippen LogP contribution >= 0.6 is 11.6 Å². The Balaban J connectivity index is 1.77. The predicted octanol–water partition coefficient (Wildman–Crippen LogP) is 4.09. The summed E-state index contributed by atoms with van der Waals surface area (Å²) < 4.78 is 16.0. The smallest absolute Gasteiger partial charge is 0.336 e. The van der Waals surface area contributed by atoms with Gasteiger partial charge in [-0.05, 0) is 55.3 Å². The highest BCUT2D eigenvalue weighted by Gasteiger charge is 2.12. The van der Waals surface area contributed by atoms with Crippen LogP contribution in [0.1, 0.15) is 11.1 Å². The molecule has 1 heterocycles. The Hall–Kier alpha value is -2.99. The van der Waals surface area contributed by atoms with E-state index in [-0.39, 0.29) is 12.5 Å². The quantitative estimate of drug-likeness (QED) is 0.667. The maximum Gasteiger partial charge on any atom is 0.336 e. The minimum atomic E-state index is -0.425. The lowest BCUT2D eigenvalue weighted by atomic mass is 10.1. The summed E-state index contributed by atoms with van der Waals surface area (Å²) >= 11 is 6.06. The molecule has 27 heavy (non-hydrogen) atoms. The molecule has 1 amide bonds. The van der Waals surface area contributed by atoms with E-state index >= 15 is 0 Å². The van der Waals surface area contributed by atoms with Crippen LogP contribution in [0.2, 0.25) is 5.02 Å². The van der Waals surface area contributed by atoms with Crippen molar-refractivity contribution in [2.24, 2.45) is 0 Å². The van der Waals surface area contributed by atoms with Gasteiger partial charge in [0, 0.05) is 11.8 Å². The molecule has 0 atom stereocenters. The Bertz CT molecular complexity index is 1070. The second-order valence-electron chi connectivity index (χ2n) is 6.07. The van der Waals surface area contributed by atoms with E-state index in [1.54, 1.807) is 37.3 Å². The minimum Gasteiger partial charge on any atom is -0.495 e. The molecular weight excluding hydrogens is 370 g/mol. The lowest BCUT2D eigenvalue weighted by Crippen LogP contribution is -2.20. The normalized spacial score (nSPS) is 10.7. The van der Waals surface area contributed by atoms with Crippen molar-refractivity contribution < 1.29 is 18.7 Å². The molecule has 0 saturated heterocycles. The van der Waals surface area contributed by atoms with Gasteiger partial charge in [-0.3, -0.25) is 4.79 Å². The molecule has 1 N–H and O–H groups in total. The number of aryl methyl sites for hydroxylation is 2. The van der Waals surface area contributed by atoms with Gasteiger partial charge in [-0.15, -0.1) is 0 Å². The fraction of sp³-hybridized carbons (Fsp3) is 0.200. The average molecular weight is 388 g/mol. The molecular formula is C20H18ClNO5. The van der Waals surface area contributed by atoms with Gasteiger partial charge in [-0.25, -0.2) is 4.79 Å². The van der Waals surface area contributed by atoms with Gasteiger partial charge in [-0.2, -0.15) is 0 Å². The summed E-state index contributed by atoms with van der Waals surface area (Å²) in [6.07, 6.45) is 0. The lowest BCUT2D eigenvalue weighted by molar-refractivity contribution is -0.118. The largest absolute Gasteiger partial charge is 0.495 e. The Morgan fingerprint density at radius 2 is 1.93 bits per heavy atom. The van der Waals surface area contributed by atoms with Gasteiger partial charge in [0.25, 0.3) is 5.91 Å². The highest BCUT2D eigenvalue weighted by molar-refractivity contribution is 6.32. The number of methoxy groups -OCH3 is 1. The molecule has 0 fully saturated rings. The van der Waals surface area contributed by atoms with Gasteiger partial charge in [0.1, 0.15) is 17.1 Å². The van der Waals surface area contributed by atoms with E-state index in [1.165, 1.54) is 13.2 Å². The fourth-order valence-corrected chi connectivity index (χ4v) is 3.03. The van der Waals surface area contributed by atoms with Crippen molar-refractivity contribution >= 4 is 34.2 Å². The van der Waals surface area contributed by atoms with Gasteiger partial charge in [-0.1, -0.05) is 11.6 Å². The third-order valence-electron chi connectivity index (χ3n) is 3.94. The first-order valence-electron chi connectivity index (χ1n) is 8.18.